The first-order valence-electron chi connectivity index (χ1n) is 9.82. The van der Waals surface area contributed by atoms with Gasteiger partial charge in [-0.2, -0.15) is 0 Å². The number of nitrogens with one attached hydrogen (secondary N) is 1. The van der Waals surface area contributed by atoms with Gasteiger partial charge in [-0.15, -0.1) is 5.06 Å². The molecule has 0 spiro atoms. The number of hydrogen-bond acceptors (Lipinski definition) is 9. The average molecular weight is 441 g/mol. The van der Waals surface area contributed by atoms with Crippen LogP contribution in [0.4, 0.5) is 0 Å². The molecule has 0 saturated carbocycles. The summed E-state index contributed by atoms with van der Waals surface area (Å²) in [7, 11) is 0. The summed E-state index contributed by atoms with van der Waals surface area (Å²) < 4.78 is 10.5. The molecule has 0 aromatic heterocycles. The standard InChI is InChI=1S/C19H27N3O9/c1-2-3-18(27)22(14-23)31-19(28)7-10-29-12-13-30-11-8-20-15(24)6-9-21-16(25)4-5-17(21)26/h4-5,14H,2-3,6-13H2,1H3,(H,20,24). The Morgan fingerprint density at radius 2 is 1.65 bits per heavy atom. The molecule has 1 N–H and O–H groups in total. The molecule has 0 bridgehead atoms. The van der Waals surface area contributed by atoms with Crippen LogP contribution in [0.3, 0.4) is 0 Å². The smallest absolute Gasteiger partial charge is 0.335 e. The Balaban J connectivity index is 1.98. The third kappa shape index (κ3) is 10.5. The Morgan fingerprint density at radius 1 is 1.00 bits per heavy atom. The van der Waals surface area contributed by atoms with Crippen LogP contribution in [0.15, 0.2) is 12.2 Å². The van der Waals surface area contributed by atoms with Gasteiger partial charge >= 0.3 is 5.97 Å². The summed E-state index contributed by atoms with van der Waals surface area (Å²) in [6.07, 6.45) is 2.94. The Kier molecular flexibility index (Phi) is 12.4. The molecule has 5 amide bonds. The number of hydroxylamine groups is 2. The number of ether oxygens (including phenoxy) is 2. The van der Waals surface area contributed by atoms with Crippen molar-refractivity contribution in [3.05, 3.63) is 12.2 Å². The van der Waals surface area contributed by atoms with Crippen molar-refractivity contribution in [3.8, 4) is 0 Å². The quantitative estimate of drug-likeness (QED) is 0.147. The van der Waals surface area contributed by atoms with E-state index in [9.17, 15) is 28.8 Å². The predicted octanol–water partition coefficient (Wildman–Crippen LogP) is -0.916. The van der Waals surface area contributed by atoms with Gasteiger partial charge in [-0.3, -0.25) is 28.9 Å². The van der Waals surface area contributed by atoms with Crippen molar-refractivity contribution >= 4 is 36.0 Å². The van der Waals surface area contributed by atoms with E-state index in [1.165, 1.54) is 0 Å². The van der Waals surface area contributed by atoms with E-state index in [0.717, 1.165) is 17.1 Å². The van der Waals surface area contributed by atoms with E-state index < -0.39 is 23.7 Å². The molecule has 0 saturated heterocycles. The zero-order valence-electron chi connectivity index (χ0n) is 17.4. The van der Waals surface area contributed by atoms with Gasteiger partial charge in [0.1, 0.15) is 0 Å². The lowest BCUT2D eigenvalue weighted by Crippen LogP contribution is -2.35. The Morgan fingerprint density at radius 3 is 2.26 bits per heavy atom. The van der Waals surface area contributed by atoms with Crippen LogP contribution < -0.4 is 5.32 Å². The average Bonchev–Trinajstić information content (AvgIpc) is 3.06. The van der Waals surface area contributed by atoms with Crippen LogP contribution in [0.5, 0.6) is 0 Å². The van der Waals surface area contributed by atoms with Gasteiger partial charge in [0.15, 0.2) is 0 Å². The van der Waals surface area contributed by atoms with Crippen molar-refractivity contribution < 1.29 is 43.1 Å². The Hall–Kier alpha value is -3.12. The number of hydrogen-bond donors (Lipinski definition) is 1. The van der Waals surface area contributed by atoms with E-state index in [1.54, 1.807) is 6.92 Å². The van der Waals surface area contributed by atoms with Gasteiger partial charge in [-0.1, -0.05) is 6.92 Å². The molecule has 31 heavy (non-hydrogen) atoms. The van der Waals surface area contributed by atoms with Gasteiger partial charge < -0.3 is 19.6 Å². The molecule has 0 fully saturated rings. The van der Waals surface area contributed by atoms with Crippen LogP contribution in [0.2, 0.25) is 0 Å². The molecule has 0 aromatic carbocycles. The molecule has 1 heterocycles. The third-order valence-electron chi connectivity index (χ3n) is 3.86. The Bertz CT molecular complexity index is 675. The van der Waals surface area contributed by atoms with Crippen molar-refractivity contribution in [2.24, 2.45) is 0 Å². The molecule has 1 rings (SSSR count). The molecule has 172 valence electrons. The maximum atomic E-state index is 11.7. The minimum Gasteiger partial charge on any atom is -0.378 e. The summed E-state index contributed by atoms with van der Waals surface area (Å²) in [5.74, 6) is -2.54. The van der Waals surface area contributed by atoms with Gasteiger partial charge in [0.25, 0.3) is 24.1 Å². The molecule has 1 aliphatic heterocycles. The number of nitrogens with zero attached hydrogens (tertiary/aromatic N) is 2. The molecular weight excluding hydrogens is 414 g/mol. The van der Waals surface area contributed by atoms with Crippen molar-refractivity contribution in [2.75, 3.05) is 39.5 Å². The highest BCUT2D eigenvalue weighted by Crippen LogP contribution is 2.04. The van der Waals surface area contributed by atoms with Gasteiger partial charge in [0, 0.05) is 38.1 Å². The van der Waals surface area contributed by atoms with E-state index in [-0.39, 0.29) is 71.1 Å². The summed E-state index contributed by atoms with van der Waals surface area (Å²) in [5, 5.41) is 2.97. The lowest BCUT2D eigenvalue weighted by Gasteiger charge is -2.14. The maximum Gasteiger partial charge on any atom is 0.335 e. The second-order valence-electron chi connectivity index (χ2n) is 6.27. The van der Waals surface area contributed by atoms with Crippen LogP contribution >= 0.6 is 0 Å². The summed E-state index contributed by atoms with van der Waals surface area (Å²) in [6.45, 7) is 2.70. The van der Waals surface area contributed by atoms with Gasteiger partial charge in [0.2, 0.25) is 5.91 Å². The zero-order chi connectivity index (χ0) is 23.1. The van der Waals surface area contributed by atoms with Crippen LogP contribution in [0, 0.1) is 0 Å². The van der Waals surface area contributed by atoms with Crippen LogP contribution in [-0.4, -0.2) is 85.5 Å². The highest BCUT2D eigenvalue weighted by atomic mass is 16.7. The van der Waals surface area contributed by atoms with Crippen LogP contribution in [-0.2, 0) is 43.1 Å². The predicted molar refractivity (Wildman–Crippen MR) is 104 cm³/mol. The lowest BCUT2D eigenvalue weighted by atomic mass is 10.3. The normalized spacial score (nSPS) is 12.7. The number of carbonyl (C=O) groups excluding carboxylic acids is 6. The maximum absolute atomic E-state index is 11.7. The second-order valence-corrected chi connectivity index (χ2v) is 6.27. The first kappa shape index (κ1) is 25.9. The number of imide groups is 2. The molecule has 0 aliphatic carbocycles. The van der Waals surface area contributed by atoms with E-state index in [0.29, 0.717) is 11.5 Å². The SMILES string of the molecule is CCCC(=O)N(C=O)OC(=O)CCOCCOCCNC(=O)CCN1C(=O)C=CC1=O. The minimum absolute atomic E-state index is 0.00391. The Labute approximate surface area is 179 Å². The summed E-state index contributed by atoms with van der Waals surface area (Å²) in [4.78, 5) is 73.8. The first-order valence-corrected chi connectivity index (χ1v) is 9.82. The second kappa shape index (κ2) is 14.8. The number of rotatable bonds is 15. The largest absolute Gasteiger partial charge is 0.378 e. The van der Waals surface area contributed by atoms with Gasteiger partial charge in [-0.05, 0) is 6.42 Å². The number of amides is 5. The van der Waals surface area contributed by atoms with E-state index >= 15 is 0 Å². The van der Waals surface area contributed by atoms with Crippen molar-refractivity contribution in [3.63, 3.8) is 0 Å². The fourth-order valence-electron chi connectivity index (χ4n) is 2.30. The highest BCUT2D eigenvalue weighted by molar-refractivity contribution is 6.13. The van der Waals surface area contributed by atoms with Gasteiger partial charge in [0.05, 0.1) is 32.8 Å². The van der Waals surface area contributed by atoms with Crippen LogP contribution in [0.25, 0.3) is 0 Å². The molecular formula is C19H27N3O9. The van der Waals surface area contributed by atoms with Crippen LogP contribution in [0.1, 0.15) is 32.6 Å². The summed E-state index contributed by atoms with van der Waals surface area (Å²) in [5.41, 5.74) is 0. The number of carbonyl (C=O) groups is 6. The fraction of sp³-hybridized carbons (Fsp3) is 0.579. The molecule has 0 radical (unpaired) electrons. The zero-order valence-corrected chi connectivity index (χ0v) is 17.4. The van der Waals surface area contributed by atoms with Gasteiger partial charge in [-0.25, -0.2) is 4.79 Å². The van der Waals surface area contributed by atoms with Crippen molar-refractivity contribution in [1.82, 2.24) is 15.3 Å². The fourth-order valence-corrected chi connectivity index (χ4v) is 2.30. The monoisotopic (exact) mass is 441 g/mol. The topological polar surface area (TPSA) is 149 Å². The van der Waals surface area contributed by atoms with E-state index in [4.69, 9.17) is 9.47 Å². The lowest BCUT2D eigenvalue weighted by molar-refractivity contribution is -0.197. The highest BCUT2D eigenvalue weighted by Gasteiger charge is 2.23. The molecule has 0 atom stereocenters. The first-order chi connectivity index (χ1) is 14.9. The summed E-state index contributed by atoms with van der Waals surface area (Å²) >= 11 is 0. The molecule has 12 heteroatoms. The van der Waals surface area contributed by atoms with Crippen molar-refractivity contribution in [1.29, 1.82) is 0 Å². The summed E-state index contributed by atoms with van der Waals surface area (Å²) in [6, 6.07) is 0. The molecule has 1 aliphatic rings. The third-order valence-corrected chi connectivity index (χ3v) is 3.86. The molecule has 0 unspecified atom stereocenters. The van der Waals surface area contributed by atoms with E-state index in [2.05, 4.69) is 10.2 Å². The van der Waals surface area contributed by atoms with E-state index in [1.807, 2.05) is 0 Å². The minimum atomic E-state index is -0.770. The molecule has 0 aromatic rings. The molecule has 12 nitrogen and oxygen atoms in total. The van der Waals surface area contributed by atoms with Crippen molar-refractivity contribution in [2.45, 2.75) is 32.6 Å².